The van der Waals surface area contributed by atoms with Crippen molar-refractivity contribution in [3.8, 4) is 0 Å². The Balaban J connectivity index is 0.00000196. The molecule has 5 heteroatoms. The van der Waals surface area contributed by atoms with Gasteiger partial charge < -0.3 is 10.8 Å². The number of halogens is 2. The van der Waals surface area contributed by atoms with E-state index in [0.29, 0.717) is 5.56 Å². The van der Waals surface area contributed by atoms with Crippen molar-refractivity contribution in [3.63, 3.8) is 0 Å². The summed E-state index contributed by atoms with van der Waals surface area (Å²) < 4.78 is 13.1. The van der Waals surface area contributed by atoms with E-state index in [1.807, 2.05) is 0 Å². The maximum absolute atomic E-state index is 13.1. The third kappa shape index (κ3) is 4.76. The fourth-order valence-corrected chi connectivity index (χ4v) is 1.24. The standard InChI is InChI=1S/C10H12FNO2.ClH/c11-9-4-2-1-3-7(9)5-8(12)6-10(13)14;/h1-4,8H,5-6,12H2,(H,13,14);1H/t8-;/m1./s1. The minimum absolute atomic E-state index is 0. The van der Waals surface area contributed by atoms with Crippen LogP contribution in [0, 0.1) is 5.82 Å². The molecule has 0 aliphatic carbocycles. The number of carboxylic acid groups (broad SMARTS) is 1. The minimum Gasteiger partial charge on any atom is -0.481 e. The Morgan fingerprint density at radius 2 is 2.07 bits per heavy atom. The summed E-state index contributed by atoms with van der Waals surface area (Å²) in [6.07, 6.45) is 0.104. The highest BCUT2D eigenvalue weighted by atomic mass is 35.5. The van der Waals surface area contributed by atoms with Crippen LogP contribution >= 0.6 is 12.4 Å². The minimum atomic E-state index is -0.964. The molecule has 0 saturated heterocycles. The van der Waals surface area contributed by atoms with Gasteiger partial charge >= 0.3 is 5.97 Å². The van der Waals surface area contributed by atoms with Gasteiger partial charge in [0.1, 0.15) is 5.82 Å². The molecular formula is C10H13ClFNO2. The summed E-state index contributed by atoms with van der Waals surface area (Å²) in [7, 11) is 0. The summed E-state index contributed by atoms with van der Waals surface area (Å²) in [4.78, 5) is 10.3. The molecule has 0 aliphatic heterocycles. The van der Waals surface area contributed by atoms with Crippen LogP contribution in [0.15, 0.2) is 24.3 Å². The highest BCUT2D eigenvalue weighted by molar-refractivity contribution is 5.85. The Morgan fingerprint density at radius 3 is 2.60 bits per heavy atom. The molecule has 1 atom stereocenters. The van der Waals surface area contributed by atoms with E-state index in [4.69, 9.17) is 10.8 Å². The molecule has 1 aromatic carbocycles. The van der Waals surface area contributed by atoms with Crippen LogP contribution in [0.25, 0.3) is 0 Å². The molecule has 0 heterocycles. The average Bonchev–Trinajstić information content (AvgIpc) is 2.07. The quantitative estimate of drug-likeness (QED) is 0.830. The second kappa shape index (κ2) is 6.37. The van der Waals surface area contributed by atoms with Crippen LogP contribution in [0.2, 0.25) is 0 Å². The zero-order valence-electron chi connectivity index (χ0n) is 8.02. The van der Waals surface area contributed by atoms with Gasteiger partial charge in [-0.3, -0.25) is 4.79 Å². The van der Waals surface area contributed by atoms with E-state index in [2.05, 4.69) is 0 Å². The summed E-state index contributed by atoms with van der Waals surface area (Å²) in [6.45, 7) is 0. The summed E-state index contributed by atoms with van der Waals surface area (Å²) in [5, 5.41) is 8.46. The number of nitrogens with two attached hydrogens (primary N) is 1. The predicted octanol–water partition coefficient (Wildman–Crippen LogP) is 1.59. The molecule has 0 fully saturated rings. The lowest BCUT2D eigenvalue weighted by Gasteiger charge is -2.09. The molecule has 84 valence electrons. The monoisotopic (exact) mass is 233 g/mol. The predicted molar refractivity (Wildman–Crippen MR) is 57.6 cm³/mol. The van der Waals surface area contributed by atoms with Crippen LogP contribution in [0.1, 0.15) is 12.0 Å². The van der Waals surface area contributed by atoms with Gasteiger partial charge in [-0.1, -0.05) is 18.2 Å². The highest BCUT2D eigenvalue weighted by Gasteiger charge is 2.10. The normalized spacial score (nSPS) is 11.6. The van der Waals surface area contributed by atoms with Crippen LogP contribution in [0.3, 0.4) is 0 Å². The van der Waals surface area contributed by atoms with Gasteiger partial charge in [0, 0.05) is 6.04 Å². The molecule has 1 rings (SSSR count). The van der Waals surface area contributed by atoms with Gasteiger partial charge in [-0.25, -0.2) is 4.39 Å². The number of aliphatic carboxylic acids is 1. The Morgan fingerprint density at radius 1 is 1.47 bits per heavy atom. The van der Waals surface area contributed by atoms with Gasteiger partial charge in [-0.2, -0.15) is 0 Å². The van der Waals surface area contributed by atoms with E-state index in [1.165, 1.54) is 6.07 Å². The van der Waals surface area contributed by atoms with Gasteiger partial charge in [0.05, 0.1) is 6.42 Å². The molecule has 3 N–H and O–H groups in total. The lowest BCUT2D eigenvalue weighted by atomic mass is 10.0. The van der Waals surface area contributed by atoms with Crippen molar-refractivity contribution in [1.29, 1.82) is 0 Å². The summed E-state index contributed by atoms with van der Waals surface area (Å²) in [5.41, 5.74) is 5.99. The highest BCUT2D eigenvalue weighted by Crippen LogP contribution is 2.09. The van der Waals surface area contributed by atoms with Crippen molar-refractivity contribution in [1.82, 2.24) is 0 Å². The van der Waals surface area contributed by atoms with Crippen molar-refractivity contribution >= 4 is 18.4 Å². The van der Waals surface area contributed by atoms with Gasteiger partial charge in [-0.05, 0) is 18.1 Å². The molecule has 15 heavy (non-hydrogen) atoms. The number of hydrogen-bond acceptors (Lipinski definition) is 2. The first kappa shape index (κ1) is 13.9. The van der Waals surface area contributed by atoms with E-state index in [1.54, 1.807) is 18.2 Å². The number of carbonyl (C=O) groups is 1. The van der Waals surface area contributed by atoms with Gasteiger partial charge in [0.2, 0.25) is 0 Å². The van der Waals surface area contributed by atoms with Crippen molar-refractivity contribution in [2.24, 2.45) is 5.73 Å². The Kier molecular flexibility index (Phi) is 5.89. The van der Waals surface area contributed by atoms with Crippen molar-refractivity contribution in [2.45, 2.75) is 18.9 Å². The number of benzene rings is 1. The van der Waals surface area contributed by atoms with E-state index in [9.17, 15) is 9.18 Å². The Labute approximate surface area is 93.5 Å². The zero-order valence-corrected chi connectivity index (χ0v) is 8.84. The fourth-order valence-electron chi connectivity index (χ4n) is 1.24. The summed E-state index contributed by atoms with van der Waals surface area (Å²) in [6, 6.07) is 5.69. The molecule has 0 amide bonds. The maximum Gasteiger partial charge on any atom is 0.304 e. The second-order valence-electron chi connectivity index (χ2n) is 3.15. The average molecular weight is 234 g/mol. The van der Waals surface area contributed by atoms with E-state index in [0.717, 1.165) is 0 Å². The molecule has 3 nitrogen and oxygen atoms in total. The van der Waals surface area contributed by atoms with Crippen LogP contribution in [0.4, 0.5) is 4.39 Å². The van der Waals surface area contributed by atoms with Gasteiger partial charge in [-0.15, -0.1) is 12.4 Å². The van der Waals surface area contributed by atoms with Gasteiger partial charge in [0.15, 0.2) is 0 Å². The second-order valence-corrected chi connectivity index (χ2v) is 3.15. The molecule has 0 unspecified atom stereocenters. The lowest BCUT2D eigenvalue weighted by Crippen LogP contribution is -2.26. The molecule has 0 radical (unpaired) electrons. The number of carboxylic acids is 1. The molecule has 0 bridgehead atoms. The third-order valence-electron chi connectivity index (χ3n) is 1.88. The number of hydrogen-bond donors (Lipinski definition) is 2. The molecule has 0 spiro atoms. The van der Waals surface area contributed by atoms with E-state index < -0.39 is 12.0 Å². The number of rotatable bonds is 4. The first-order valence-electron chi connectivity index (χ1n) is 4.30. The zero-order chi connectivity index (χ0) is 10.6. The van der Waals surface area contributed by atoms with Crippen molar-refractivity contribution in [3.05, 3.63) is 35.6 Å². The molecule has 1 aromatic rings. The first-order valence-corrected chi connectivity index (χ1v) is 4.30. The smallest absolute Gasteiger partial charge is 0.304 e. The van der Waals surface area contributed by atoms with Crippen LogP contribution < -0.4 is 5.73 Å². The molecule has 0 saturated carbocycles. The van der Waals surface area contributed by atoms with Crippen LogP contribution in [-0.2, 0) is 11.2 Å². The largest absolute Gasteiger partial charge is 0.481 e. The SMILES string of the molecule is Cl.N[C@@H](CC(=O)O)Cc1ccccc1F. The molecule has 0 aliphatic rings. The summed E-state index contributed by atoms with van der Waals surface area (Å²) in [5.74, 6) is -1.30. The Hall–Kier alpha value is -1.13. The summed E-state index contributed by atoms with van der Waals surface area (Å²) >= 11 is 0. The fraction of sp³-hybridized carbons (Fsp3) is 0.300. The van der Waals surface area contributed by atoms with Crippen LogP contribution in [0.5, 0.6) is 0 Å². The van der Waals surface area contributed by atoms with Crippen molar-refractivity contribution in [2.75, 3.05) is 0 Å². The topological polar surface area (TPSA) is 63.3 Å². The molecular weight excluding hydrogens is 221 g/mol. The van der Waals surface area contributed by atoms with E-state index in [-0.39, 0.29) is 31.1 Å². The lowest BCUT2D eigenvalue weighted by molar-refractivity contribution is -0.137. The third-order valence-corrected chi connectivity index (χ3v) is 1.88. The molecule has 0 aromatic heterocycles. The van der Waals surface area contributed by atoms with Crippen LogP contribution in [-0.4, -0.2) is 17.1 Å². The van der Waals surface area contributed by atoms with Crippen molar-refractivity contribution < 1.29 is 14.3 Å². The Bertz CT molecular complexity index is 333. The first-order chi connectivity index (χ1) is 6.59. The maximum atomic E-state index is 13.1. The van der Waals surface area contributed by atoms with Gasteiger partial charge in [0.25, 0.3) is 0 Å². The van der Waals surface area contributed by atoms with E-state index >= 15 is 0 Å².